The van der Waals surface area contributed by atoms with Gasteiger partial charge >= 0.3 is 6.09 Å². The SMILES string of the molecule is CCCC[C@H](NC(=O)[C@H](CC(C)C)NC(=O)OC(C)(C)C)C(N)=O. The first kappa shape index (κ1) is 22.2. The fraction of sp³-hybridized carbons (Fsp3) is 0.824. The molecule has 0 radical (unpaired) electrons. The maximum atomic E-state index is 12.5. The Morgan fingerprint density at radius 2 is 1.67 bits per heavy atom. The number of nitrogens with one attached hydrogen (secondary N) is 2. The van der Waals surface area contributed by atoms with E-state index in [2.05, 4.69) is 10.6 Å². The van der Waals surface area contributed by atoms with Crippen LogP contribution in [0.25, 0.3) is 0 Å². The lowest BCUT2D eigenvalue weighted by molar-refractivity contribution is -0.129. The molecule has 140 valence electrons. The van der Waals surface area contributed by atoms with Crippen LogP contribution in [0.3, 0.4) is 0 Å². The summed E-state index contributed by atoms with van der Waals surface area (Å²) in [6, 6.07) is -1.50. The zero-order valence-corrected chi connectivity index (χ0v) is 15.8. The summed E-state index contributed by atoms with van der Waals surface area (Å²) in [6.45, 7) is 11.1. The van der Waals surface area contributed by atoms with E-state index in [1.807, 2.05) is 20.8 Å². The van der Waals surface area contributed by atoms with E-state index in [1.165, 1.54) is 0 Å². The number of amides is 3. The van der Waals surface area contributed by atoms with Gasteiger partial charge in [-0.2, -0.15) is 0 Å². The molecule has 0 aromatic heterocycles. The zero-order chi connectivity index (χ0) is 18.9. The topological polar surface area (TPSA) is 111 Å². The van der Waals surface area contributed by atoms with Crippen molar-refractivity contribution >= 4 is 17.9 Å². The van der Waals surface area contributed by atoms with Crippen molar-refractivity contribution in [2.75, 3.05) is 0 Å². The number of rotatable bonds is 9. The minimum atomic E-state index is -0.775. The number of hydrogen-bond donors (Lipinski definition) is 3. The largest absolute Gasteiger partial charge is 0.444 e. The van der Waals surface area contributed by atoms with Crippen LogP contribution in [0.2, 0.25) is 0 Å². The van der Waals surface area contributed by atoms with Crippen molar-refractivity contribution in [3.8, 4) is 0 Å². The molecule has 0 saturated heterocycles. The third-order valence-electron chi connectivity index (χ3n) is 3.22. The van der Waals surface area contributed by atoms with Gasteiger partial charge in [-0.3, -0.25) is 9.59 Å². The summed E-state index contributed by atoms with van der Waals surface area (Å²) in [7, 11) is 0. The van der Waals surface area contributed by atoms with Gasteiger partial charge in [0.2, 0.25) is 11.8 Å². The maximum Gasteiger partial charge on any atom is 0.408 e. The average molecular weight is 343 g/mol. The second-order valence-electron chi connectivity index (χ2n) is 7.43. The first-order valence-electron chi connectivity index (χ1n) is 8.55. The predicted octanol–water partition coefficient (Wildman–Crippen LogP) is 2.09. The highest BCUT2D eigenvalue weighted by atomic mass is 16.6. The second-order valence-corrected chi connectivity index (χ2v) is 7.43. The molecule has 2 atom stereocenters. The highest BCUT2D eigenvalue weighted by Gasteiger charge is 2.27. The van der Waals surface area contributed by atoms with Crippen molar-refractivity contribution < 1.29 is 19.1 Å². The van der Waals surface area contributed by atoms with E-state index in [0.717, 1.165) is 12.8 Å². The van der Waals surface area contributed by atoms with E-state index in [1.54, 1.807) is 20.8 Å². The van der Waals surface area contributed by atoms with Gasteiger partial charge in [-0.1, -0.05) is 33.6 Å². The summed E-state index contributed by atoms with van der Waals surface area (Å²) in [5, 5.41) is 5.22. The summed E-state index contributed by atoms with van der Waals surface area (Å²) in [4.78, 5) is 35.9. The molecule has 24 heavy (non-hydrogen) atoms. The van der Waals surface area contributed by atoms with Crippen molar-refractivity contribution in [1.82, 2.24) is 10.6 Å². The smallest absolute Gasteiger partial charge is 0.408 e. The van der Waals surface area contributed by atoms with Crippen LogP contribution in [-0.2, 0) is 14.3 Å². The first-order valence-corrected chi connectivity index (χ1v) is 8.55. The predicted molar refractivity (Wildman–Crippen MR) is 93.3 cm³/mol. The fourth-order valence-electron chi connectivity index (χ4n) is 2.12. The second kappa shape index (κ2) is 10.2. The van der Waals surface area contributed by atoms with Gasteiger partial charge in [-0.05, 0) is 39.5 Å². The van der Waals surface area contributed by atoms with Crippen molar-refractivity contribution in [3.05, 3.63) is 0 Å². The molecule has 0 saturated carbocycles. The molecule has 0 aliphatic rings. The van der Waals surface area contributed by atoms with E-state index in [9.17, 15) is 14.4 Å². The molecule has 0 rings (SSSR count). The Bertz CT molecular complexity index is 430. The molecule has 4 N–H and O–H groups in total. The van der Waals surface area contributed by atoms with Crippen LogP contribution in [0.15, 0.2) is 0 Å². The Labute approximate surface area is 145 Å². The van der Waals surface area contributed by atoms with Crippen molar-refractivity contribution in [1.29, 1.82) is 0 Å². The Hall–Kier alpha value is -1.79. The number of primary amides is 1. The monoisotopic (exact) mass is 343 g/mol. The van der Waals surface area contributed by atoms with Gasteiger partial charge in [-0.15, -0.1) is 0 Å². The standard InChI is InChI=1S/C17H33N3O4/c1-7-8-9-12(14(18)21)19-15(22)13(10-11(2)3)20-16(23)24-17(4,5)6/h11-13H,7-10H2,1-6H3,(H2,18,21)(H,19,22)(H,20,23)/t12-,13-/m0/s1. The number of nitrogens with two attached hydrogens (primary N) is 1. The molecule has 0 spiro atoms. The average Bonchev–Trinajstić information content (AvgIpc) is 2.39. The molecule has 7 nitrogen and oxygen atoms in total. The van der Waals surface area contributed by atoms with Gasteiger partial charge in [0.1, 0.15) is 17.7 Å². The van der Waals surface area contributed by atoms with Gasteiger partial charge in [0.15, 0.2) is 0 Å². The molecule has 3 amide bonds. The lowest BCUT2D eigenvalue weighted by atomic mass is 10.0. The molecular formula is C17H33N3O4. The fourth-order valence-corrected chi connectivity index (χ4v) is 2.12. The number of ether oxygens (including phenoxy) is 1. The van der Waals surface area contributed by atoms with Crippen molar-refractivity contribution in [2.24, 2.45) is 11.7 Å². The van der Waals surface area contributed by atoms with E-state index in [0.29, 0.717) is 12.8 Å². The van der Waals surface area contributed by atoms with Crippen LogP contribution in [-0.4, -0.2) is 35.6 Å². The Kier molecular flexibility index (Phi) is 9.40. The third kappa shape index (κ3) is 10.1. The molecule has 0 aromatic carbocycles. The maximum absolute atomic E-state index is 12.5. The quantitative estimate of drug-likeness (QED) is 0.595. The summed E-state index contributed by atoms with van der Waals surface area (Å²) >= 11 is 0. The van der Waals surface area contributed by atoms with Crippen LogP contribution in [0.1, 0.15) is 67.2 Å². The first-order chi connectivity index (χ1) is 11.0. The normalized spacial score (nSPS) is 14.0. The Morgan fingerprint density at radius 1 is 1.08 bits per heavy atom. The van der Waals surface area contributed by atoms with Crippen molar-refractivity contribution in [3.63, 3.8) is 0 Å². The van der Waals surface area contributed by atoms with E-state index in [4.69, 9.17) is 10.5 Å². The number of unbranched alkanes of at least 4 members (excludes halogenated alkanes) is 1. The van der Waals surface area contributed by atoms with Crippen molar-refractivity contribution in [2.45, 2.75) is 84.9 Å². The van der Waals surface area contributed by atoms with Crippen LogP contribution in [0.4, 0.5) is 4.79 Å². The number of alkyl carbamates (subject to hydrolysis) is 1. The lowest BCUT2D eigenvalue weighted by Gasteiger charge is -2.25. The summed E-state index contributed by atoms with van der Waals surface area (Å²) < 4.78 is 5.20. The number of hydrogen-bond acceptors (Lipinski definition) is 4. The molecule has 7 heteroatoms. The number of carbonyl (C=O) groups is 3. The Balaban J connectivity index is 4.92. The van der Waals surface area contributed by atoms with Crippen LogP contribution < -0.4 is 16.4 Å². The van der Waals surface area contributed by atoms with Gasteiger partial charge in [-0.25, -0.2) is 4.79 Å². The molecule has 0 heterocycles. The summed E-state index contributed by atoms with van der Waals surface area (Å²) in [6.07, 6.45) is 1.93. The van der Waals surface area contributed by atoms with E-state index >= 15 is 0 Å². The minimum Gasteiger partial charge on any atom is -0.444 e. The van der Waals surface area contributed by atoms with E-state index in [-0.39, 0.29) is 5.92 Å². The van der Waals surface area contributed by atoms with Gasteiger partial charge in [0, 0.05) is 0 Å². The van der Waals surface area contributed by atoms with Crippen LogP contribution in [0.5, 0.6) is 0 Å². The Morgan fingerprint density at radius 3 is 2.08 bits per heavy atom. The minimum absolute atomic E-state index is 0.179. The van der Waals surface area contributed by atoms with Gasteiger partial charge in [0.05, 0.1) is 0 Å². The molecule has 0 aromatic rings. The summed E-state index contributed by atoms with van der Waals surface area (Å²) in [5.74, 6) is -0.815. The molecule has 0 aliphatic heterocycles. The van der Waals surface area contributed by atoms with Crippen LogP contribution in [0, 0.1) is 5.92 Å². The van der Waals surface area contributed by atoms with E-state index < -0.39 is 35.6 Å². The van der Waals surface area contributed by atoms with Crippen LogP contribution >= 0.6 is 0 Å². The molecule has 0 bridgehead atoms. The summed E-state index contributed by atoms with van der Waals surface area (Å²) in [5.41, 5.74) is 4.69. The number of carbonyl (C=O) groups excluding carboxylic acids is 3. The highest BCUT2D eigenvalue weighted by Crippen LogP contribution is 2.10. The molecule has 0 aliphatic carbocycles. The molecule has 0 fully saturated rings. The molecular weight excluding hydrogens is 310 g/mol. The highest BCUT2D eigenvalue weighted by molar-refractivity contribution is 5.90. The third-order valence-corrected chi connectivity index (χ3v) is 3.22. The molecule has 0 unspecified atom stereocenters. The lowest BCUT2D eigenvalue weighted by Crippen LogP contribution is -2.53. The zero-order valence-electron chi connectivity index (χ0n) is 15.8. The van der Waals surface area contributed by atoms with Gasteiger partial charge < -0.3 is 21.1 Å². The van der Waals surface area contributed by atoms with Gasteiger partial charge in [0.25, 0.3) is 0 Å².